The van der Waals surface area contributed by atoms with Gasteiger partial charge in [-0.25, -0.2) is 9.18 Å². The summed E-state index contributed by atoms with van der Waals surface area (Å²) in [5, 5.41) is 20.6. The number of amides is 2. The summed E-state index contributed by atoms with van der Waals surface area (Å²) in [5.41, 5.74) is 0.672. The summed E-state index contributed by atoms with van der Waals surface area (Å²) in [4.78, 5) is 24.3. The Morgan fingerprint density at radius 3 is 3.00 bits per heavy atom. The number of aryl methyl sites for hydroxylation is 1. The number of aliphatic hydroxyl groups excluding tert-OH is 1. The number of hydrogen-bond donors (Lipinski definition) is 2. The molecule has 0 bridgehead atoms. The average Bonchev–Trinajstić information content (AvgIpc) is 3.24. The Hall–Kier alpha value is -2.59. The number of anilines is 1. The molecule has 2 amide bonds. The van der Waals surface area contributed by atoms with E-state index in [2.05, 4.69) is 15.5 Å². The van der Waals surface area contributed by atoms with E-state index in [1.165, 1.54) is 29.2 Å². The standard InChI is InChI=1S/C17H19FN4O4S/c1-10(24)19-8-12-9-22(17(25)26-12)11-4-5-13(14(18)7-11)16-21-20-15(27-16)3-2-6-23/h4-5,7,12,23H,2-3,6,8-9H2,1H3,(H,19,24). The molecule has 1 unspecified atom stereocenters. The van der Waals surface area contributed by atoms with E-state index in [4.69, 9.17) is 9.84 Å². The molecule has 1 saturated heterocycles. The van der Waals surface area contributed by atoms with Gasteiger partial charge in [-0.1, -0.05) is 11.3 Å². The molecule has 0 aliphatic carbocycles. The fourth-order valence-corrected chi connectivity index (χ4v) is 3.54. The van der Waals surface area contributed by atoms with Gasteiger partial charge in [0.05, 0.1) is 18.8 Å². The topological polar surface area (TPSA) is 105 Å². The number of ether oxygens (including phenoxy) is 1. The molecule has 144 valence electrons. The van der Waals surface area contributed by atoms with Crippen LogP contribution in [0.5, 0.6) is 0 Å². The van der Waals surface area contributed by atoms with Crippen molar-refractivity contribution >= 4 is 29.0 Å². The first kappa shape index (κ1) is 19.2. The Kier molecular flexibility index (Phi) is 5.97. The molecule has 0 saturated carbocycles. The molecule has 2 N–H and O–H groups in total. The van der Waals surface area contributed by atoms with Gasteiger partial charge in [-0.15, -0.1) is 10.2 Å². The van der Waals surface area contributed by atoms with Crippen molar-refractivity contribution in [2.24, 2.45) is 0 Å². The summed E-state index contributed by atoms with van der Waals surface area (Å²) < 4.78 is 19.8. The molecule has 1 aliphatic rings. The van der Waals surface area contributed by atoms with E-state index in [1.807, 2.05) is 0 Å². The van der Waals surface area contributed by atoms with E-state index in [-0.39, 0.29) is 25.6 Å². The van der Waals surface area contributed by atoms with Gasteiger partial charge in [0.2, 0.25) is 5.91 Å². The maximum absolute atomic E-state index is 14.6. The molecular weight excluding hydrogens is 375 g/mol. The summed E-state index contributed by atoms with van der Waals surface area (Å²) in [6.45, 7) is 1.87. The van der Waals surface area contributed by atoms with Crippen LogP contribution in [-0.4, -0.2) is 53.1 Å². The molecular formula is C17H19FN4O4S. The highest BCUT2D eigenvalue weighted by Crippen LogP contribution is 2.31. The fraction of sp³-hybridized carbons (Fsp3) is 0.412. The van der Waals surface area contributed by atoms with Crippen molar-refractivity contribution in [1.29, 1.82) is 0 Å². The number of hydrogen-bond acceptors (Lipinski definition) is 7. The molecule has 1 aromatic heterocycles. The number of benzene rings is 1. The predicted octanol–water partition coefficient (Wildman–Crippen LogP) is 1.73. The number of halogens is 1. The van der Waals surface area contributed by atoms with Gasteiger partial charge in [0.15, 0.2) is 5.01 Å². The summed E-state index contributed by atoms with van der Waals surface area (Å²) in [7, 11) is 0. The van der Waals surface area contributed by atoms with Crippen LogP contribution < -0.4 is 10.2 Å². The third kappa shape index (κ3) is 4.58. The van der Waals surface area contributed by atoms with E-state index in [9.17, 15) is 14.0 Å². The molecule has 10 heteroatoms. The molecule has 0 radical (unpaired) electrons. The number of carbonyl (C=O) groups excluding carboxylic acids is 2. The Morgan fingerprint density at radius 2 is 2.30 bits per heavy atom. The van der Waals surface area contributed by atoms with Crippen molar-refractivity contribution in [2.45, 2.75) is 25.9 Å². The monoisotopic (exact) mass is 394 g/mol. The Balaban J connectivity index is 1.72. The van der Waals surface area contributed by atoms with E-state index in [0.29, 0.717) is 29.1 Å². The van der Waals surface area contributed by atoms with Crippen LogP contribution in [0.3, 0.4) is 0 Å². The number of aromatic nitrogens is 2. The van der Waals surface area contributed by atoms with Crippen LogP contribution in [0.2, 0.25) is 0 Å². The first-order valence-electron chi connectivity index (χ1n) is 8.43. The van der Waals surface area contributed by atoms with Gasteiger partial charge in [0.1, 0.15) is 16.9 Å². The van der Waals surface area contributed by atoms with Crippen LogP contribution in [0.25, 0.3) is 10.6 Å². The summed E-state index contributed by atoms with van der Waals surface area (Å²) in [5.74, 6) is -0.731. The molecule has 27 heavy (non-hydrogen) atoms. The van der Waals surface area contributed by atoms with Crippen LogP contribution in [0.4, 0.5) is 14.9 Å². The number of carbonyl (C=O) groups is 2. The molecule has 0 spiro atoms. The van der Waals surface area contributed by atoms with Gasteiger partial charge in [0, 0.05) is 25.5 Å². The molecule has 1 atom stereocenters. The molecule has 1 fully saturated rings. The van der Waals surface area contributed by atoms with E-state index in [1.54, 1.807) is 12.1 Å². The van der Waals surface area contributed by atoms with E-state index >= 15 is 0 Å². The lowest BCUT2D eigenvalue weighted by molar-refractivity contribution is -0.119. The lowest BCUT2D eigenvalue weighted by atomic mass is 10.2. The second kappa shape index (κ2) is 8.40. The molecule has 3 rings (SSSR count). The quantitative estimate of drug-likeness (QED) is 0.741. The van der Waals surface area contributed by atoms with Gasteiger partial charge >= 0.3 is 6.09 Å². The predicted molar refractivity (Wildman–Crippen MR) is 97.0 cm³/mol. The lowest BCUT2D eigenvalue weighted by Crippen LogP contribution is -2.33. The van der Waals surface area contributed by atoms with E-state index in [0.717, 1.165) is 5.01 Å². The minimum atomic E-state index is -0.584. The fourth-order valence-electron chi connectivity index (χ4n) is 2.64. The highest BCUT2D eigenvalue weighted by molar-refractivity contribution is 7.14. The van der Waals surface area contributed by atoms with Crippen LogP contribution in [0.15, 0.2) is 18.2 Å². The largest absolute Gasteiger partial charge is 0.442 e. The Labute approximate surface area is 159 Å². The summed E-state index contributed by atoms with van der Waals surface area (Å²) >= 11 is 1.27. The average molecular weight is 394 g/mol. The third-order valence-corrected chi connectivity index (χ3v) is 4.98. The minimum absolute atomic E-state index is 0.0623. The smallest absolute Gasteiger partial charge is 0.414 e. The van der Waals surface area contributed by atoms with E-state index < -0.39 is 18.0 Å². The zero-order chi connectivity index (χ0) is 19.4. The van der Waals surface area contributed by atoms with Gasteiger partial charge < -0.3 is 15.2 Å². The van der Waals surface area contributed by atoms with Crippen molar-refractivity contribution in [2.75, 3.05) is 24.6 Å². The maximum atomic E-state index is 14.6. The Morgan fingerprint density at radius 1 is 1.48 bits per heavy atom. The van der Waals surface area contributed by atoms with Crippen molar-refractivity contribution in [3.05, 3.63) is 29.0 Å². The molecule has 8 nitrogen and oxygen atoms in total. The normalized spacial score (nSPS) is 16.5. The van der Waals surface area contributed by atoms with Gasteiger partial charge in [-0.2, -0.15) is 0 Å². The first-order valence-corrected chi connectivity index (χ1v) is 9.25. The SMILES string of the molecule is CC(=O)NCC1CN(c2ccc(-c3nnc(CCCO)s3)c(F)c2)C(=O)O1. The number of rotatable bonds is 7. The minimum Gasteiger partial charge on any atom is -0.442 e. The van der Waals surface area contributed by atoms with Crippen molar-refractivity contribution in [3.8, 4) is 10.6 Å². The number of nitrogens with zero attached hydrogens (tertiary/aromatic N) is 3. The summed E-state index contributed by atoms with van der Waals surface area (Å²) in [6, 6.07) is 4.43. The van der Waals surface area contributed by atoms with Crippen LogP contribution >= 0.6 is 11.3 Å². The van der Waals surface area contributed by atoms with Crippen molar-refractivity contribution in [1.82, 2.24) is 15.5 Å². The maximum Gasteiger partial charge on any atom is 0.414 e. The number of cyclic esters (lactones) is 1. The zero-order valence-electron chi connectivity index (χ0n) is 14.6. The molecule has 1 aromatic carbocycles. The second-order valence-electron chi connectivity index (χ2n) is 6.05. The van der Waals surface area contributed by atoms with Gasteiger partial charge in [0.25, 0.3) is 0 Å². The molecule has 1 aliphatic heterocycles. The lowest BCUT2D eigenvalue weighted by Gasteiger charge is -2.14. The van der Waals surface area contributed by atoms with Crippen molar-refractivity contribution < 1.29 is 23.8 Å². The molecule has 2 aromatic rings. The van der Waals surface area contributed by atoms with Gasteiger partial charge in [-0.05, 0) is 24.6 Å². The Bertz CT molecular complexity index is 844. The van der Waals surface area contributed by atoms with Crippen LogP contribution in [-0.2, 0) is 16.0 Å². The number of aliphatic hydroxyl groups is 1. The van der Waals surface area contributed by atoms with Crippen LogP contribution in [0, 0.1) is 5.82 Å². The van der Waals surface area contributed by atoms with Gasteiger partial charge in [-0.3, -0.25) is 9.69 Å². The highest BCUT2D eigenvalue weighted by Gasteiger charge is 2.32. The summed E-state index contributed by atoms with van der Waals surface area (Å²) in [6.07, 6.45) is 0.0942. The zero-order valence-corrected chi connectivity index (χ0v) is 15.5. The second-order valence-corrected chi connectivity index (χ2v) is 7.11. The van der Waals surface area contributed by atoms with Crippen molar-refractivity contribution in [3.63, 3.8) is 0 Å². The third-order valence-electron chi connectivity index (χ3n) is 3.96. The van der Waals surface area contributed by atoms with Crippen LogP contribution in [0.1, 0.15) is 18.4 Å². The molecule has 2 heterocycles. The highest BCUT2D eigenvalue weighted by atomic mass is 32.1. The number of nitrogens with one attached hydrogen (secondary N) is 1. The first-order chi connectivity index (χ1) is 13.0.